The number of ether oxygens (including phenoxy) is 1. The summed E-state index contributed by atoms with van der Waals surface area (Å²) < 4.78 is 6.16. The Morgan fingerprint density at radius 2 is 1.70 bits per heavy atom. The lowest BCUT2D eigenvalue weighted by Crippen LogP contribution is -2.46. The molecule has 0 bridgehead atoms. The molecule has 2 amide bonds. The van der Waals surface area contributed by atoms with Crippen LogP contribution in [0.4, 0.5) is 10.5 Å². The Bertz CT molecular complexity index is 664. The second kappa shape index (κ2) is 10.5. The molecule has 2 aliphatic heterocycles. The molecule has 0 atom stereocenters. The minimum Gasteiger partial charge on any atom is -0.490 e. The van der Waals surface area contributed by atoms with E-state index >= 15 is 0 Å². The summed E-state index contributed by atoms with van der Waals surface area (Å²) in [6.07, 6.45) is 8.09. The van der Waals surface area contributed by atoms with Crippen LogP contribution < -0.4 is 15.4 Å². The smallest absolute Gasteiger partial charge is 0.319 e. The van der Waals surface area contributed by atoms with Crippen molar-refractivity contribution in [2.24, 2.45) is 0 Å². The molecule has 2 heterocycles. The highest BCUT2D eigenvalue weighted by Gasteiger charge is 2.29. The Hall–Kier alpha value is -1.83. The average Bonchev–Trinajstić information content (AvgIpc) is 2.71. The summed E-state index contributed by atoms with van der Waals surface area (Å²) in [5.41, 5.74) is 0.765. The molecule has 4 rings (SSSR count). The number of nitrogens with one attached hydrogen (secondary N) is 2. The molecule has 7 nitrogen and oxygen atoms in total. The van der Waals surface area contributed by atoms with E-state index in [1.54, 1.807) is 0 Å². The number of anilines is 1. The van der Waals surface area contributed by atoms with Crippen LogP contribution in [0.15, 0.2) is 24.3 Å². The van der Waals surface area contributed by atoms with Crippen LogP contribution in [0, 0.1) is 0 Å². The van der Waals surface area contributed by atoms with Crippen LogP contribution >= 0.6 is 0 Å². The molecule has 0 radical (unpaired) electrons. The lowest BCUT2D eigenvalue weighted by atomic mass is 9.90. The Labute approximate surface area is 179 Å². The number of likely N-dealkylation sites (tertiary alicyclic amines) is 2. The number of aliphatic hydroxyl groups is 1. The monoisotopic (exact) mass is 416 g/mol. The molecule has 3 fully saturated rings. The molecule has 7 heteroatoms. The number of nitrogens with zero attached hydrogens (tertiary/aromatic N) is 2. The molecule has 2 saturated heterocycles. The summed E-state index contributed by atoms with van der Waals surface area (Å²) in [7, 11) is 0. The largest absolute Gasteiger partial charge is 0.490 e. The summed E-state index contributed by atoms with van der Waals surface area (Å²) in [4.78, 5) is 17.0. The standard InChI is InChI=1S/C23H36N4O3/c28-20-8-13-26(14-9-20)17-12-24-23(29)25-18-4-6-21(7-5-18)30-22-10-15-27(16-11-22)19-2-1-3-19/h4-7,19-20,22,28H,1-3,8-17H2,(H2,24,25,29). The van der Waals surface area contributed by atoms with Crippen LogP contribution in [0.3, 0.4) is 0 Å². The van der Waals surface area contributed by atoms with Gasteiger partial charge in [0.2, 0.25) is 0 Å². The predicted molar refractivity (Wildman–Crippen MR) is 118 cm³/mol. The molecule has 166 valence electrons. The minimum atomic E-state index is -0.191. The molecular weight excluding hydrogens is 380 g/mol. The van der Waals surface area contributed by atoms with E-state index in [-0.39, 0.29) is 12.1 Å². The number of amides is 2. The quantitative estimate of drug-likeness (QED) is 0.637. The highest BCUT2D eigenvalue weighted by Crippen LogP contribution is 2.28. The first-order valence-electron chi connectivity index (χ1n) is 11.6. The molecule has 0 aromatic heterocycles. The lowest BCUT2D eigenvalue weighted by molar-refractivity contribution is 0.0493. The van der Waals surface area contributed by atoms with Gasteiger partial charge in [-0.25, -0.2) is 4.79 Å². The van der Waals surface area contributed by atoms with E-state index in [1.807, 2.05) is 24.3 Å². The van der Waals surface area contributed by atoms with Gasteiger partial charge >= 0.3 is 6.03 Å². The van der Waals surface area contributed by atoms with Gasteiger partial charge in [0.15, 0.2) is 0 Å². The van der Waals surface area contributed by atoms with Gasteiger partial charge in [-0.1, -0.05) is 6.42 Å². The fourth-order valence-corrected chi connectivity index (χ4v) is 4.57. The normalized spacial score (nSPS) is 22.4. The summed E-state index contributed by atoms with van der Waals surface area (Å²) in [5, 5.41) is 15.3. The molecule has 0 spiro atoms. The van der Waals surface area contributed by atoms with Gasteiger partial charge in [-0.05, 0) is 62.8 Å². The fourth-order valence-electron chi connectivity index (χ4n) is 4.57. The van der Waals surface area contributed by atoms with Gasteiger partial charge in [-0.3, -0.25) is 0 Å². The number of rotatable bonds is 7. The third kappa shape index (κ3) is 6.09. The molecule has 1 aromatic rings. The van der Waals surface area contributed by atoms with Crippen molar-refractivity contribution in [1.82, 2.24) is 15.1 Å². The SMILES string of the molecule is O=C(NCCN1CCC(O)CC1)Nc1ccc(OC2CCN(C3CCC3)CC2)cc1. The van der Waals surface area contributed by atoms with Gasteiger partial charge < -0.3 is 30.3 Å². The first kappa shape index (κ1) is 21.4. The van der Waals surface area contributed by atoms with E-state index in [0.29, 0.717) is 12.6 Å². The van der Waals surface area contributed by atoms with Crippen molar-refractivity contribution >= 4 is 11.7 Å². The Kier molecular flexibility index (Phi) is 7.47. The minimum absolute atomic E-state index is 0.162. The van der Waals surface area contributed by atoms with Gasteiger partial charge in [0.1, 0.15) is 11.9 Å². The first-order valence-corrected chi connectivity index (χ1v) is 11.6. The molecular formula is C23H36N4O3. The number of hydrogen-bond acceptors (Lipinski definition) is 5. The van der Waals surface area contributed by atoms with Crippen LogP contribution in [0.5, 0.6) is 5.75 Å². The zero-order valence-corrected chi connectivity index (χ0v) is 17.9. The fraction of sp³-hybridized carbons (Fsp3) is 0.696. The molecule has 3 aliphatic rings. The highest BCUT2D eigenvalue weighted by molar-refractivity contribution is 5.89. The van der Waals surface area contributed by atoms with E-state index in [9.17, 15) is 9.90 Å². The molecule has 30 heavy (non-hydrogen) atoms. The maximum atomic E-state index is 12.1. The summed E-state index contributed by atoms with van der Waals surface area (Å²) in [6, 6.07) is 8.30. The number of benzene rings is 1. The number of piperidine rings is 2. The number of carbonyl (C=O) groups is 1. The maximum absolute atomic E-state index is 12.1. The Morgan fingerprint density at radius 3 is 2.33 bits per heavy atom. The third-order valence-corrected chi connectivity index (χ3v) is 6.75. The zero-order valence-electron chi connectivity index (χ0n) is 17.9. The number of carbonyl (C=O) groups excluding carboxylic acids is 1. The summed E-state index contributed by atoms with van der Waals surface area (Å²) in [5.74, 6) is 0.871. The van der Waals surface area contributed by atoms with Crippen molar-refractivity contribution < 1.29 is 14.6 Å². The molecule has 1 saturated carbocycles. The maximum Gasteiger partial charge on any atom is 0.319 e. The van der Waals surface area contributed by atoms with Crippen molar-refractivity contribution in [3.8, 4) is 5.75 Å². The van der Waals surface area contributed by atoms with Crippen molar-refractivity contribution in [3.05, 3.63) is 24.3 Å². The van der Waals surface area contributed by atoms with Gasteiger partial charge in [0, 0.05) is 51.0 Å². The van der Waals surface area contributed by atoms with Crippen molar-refractivity contribution in [1.29, 1.82) is 0 Å². The van der Waals surface area contributed by atoms with E-state index in [0.717, 1.165) is 75.9 Å². The average molecular weight is 417 g/mol. The first-order chi connectivity index (χ1) is 14.7. The van der Waals surface area contributed by atoms with Crippen LogP contribution in [0.25, 0.3) is 0 Å². The van der Waals surface area contributed by atoms with E-state index in [1.165, 1.54) is 19.3 Å². The molecule has 0 unspecified atom stereocenters. The molecule has 3 N–H and O–H groups in total. The van der Waals surface area contributed by atoms with Crippen molar-refractivity contribution in [2.45, 2.75) is 63.2 Å². The van der Waals surface area contributed by atoms with Gasteiger partial charge in [-0.2, -0.15) is 0 Å². The Balaban J connectivity index is 1.12. The summed E-state index contributed by atoms with van der Waals surface area (Å²) >= 11 is 0. The predicted octanol–water partition coefficient (Wildman–Crippen LogP) is 2.66. The van der Waals surface area contributed by atoms with E-state index in [4.69, 9.17) is 4.74 Å². The third-order valence-electron chi connectivity index (χ3n) is 6.75. The topological polar surface area (TPSA) is 77.1 Å². The lowest BCUT2D eigenvalue weighted by Gasteiger charge is -2.41. The zero-order chi connectivity index (χ0) is 20.8. The molecule has 1 aromatic carbocycles. The van der Waals surface area contributed by atoms with Gasteiger partial charge in [-0.15, -0.1) is 0 Å². The van der Waals surface area contributed by atoms with Gasteiger partial charge in [0.05, 0.1) is 6.10 Å². The van der Waals surface area contributed by atoms with Crippen molar-refractivity contribution in [3.63, 3.8) is 0 Å². The second-order valence-corrected chi connectivity index (χ2v) is 8.92. The number of aliphatic hydroxyl groups excluding tert-OH is 1. The van der Waals surface area contributed by atoms with Gasteiger partial charge in [0.25, 0.3) is 0 Å². The van der Waals surface area contributed by atoms with Crippen LogP contribution in [0.1, 0.15) is 44.9 Å². The number of hydrogen-bond donors (Lipinski definition) is 3. The van der Waals surface area contributed by atoms with E-state index in [2.05, 4.69) is 20.4 Å². The molecule has 1 aliphatic carbocycles. The summed E-state index contributed by atoms with van der Waals surface area (Å²) in [6.45, 7) is 5.49. The Morgan fingerprint density at radius 1 is 1.00 bits per heavy atom. The van der Waals surface area contributed by atoms with E-state index < -0.39 is 0 Å². The van der Waals surface area contributed by atoms with Crippen LogP contribution in [-0.2, 0) is 0 Å². The highest BCUT2D eigenvalue weighted by atomic mass is 16.5. The van der Waals surface area contributed by atoms with Crippen LogP contribution in [-0.4, -0.2) is 78.5 Å². The van der Waals surface area contributed by atoms with Crippen LogP contribution in [0.2, 0.25) is 0 Å². The second-order valence-electron chi connectivity index (χ2n) is 8.92. The van der Waals surface area contributed by atoms with Crippen molar-refractivity contribution in [2.75, 3.05) is 44.6 Å². The number of urea groups is 1.